The van der Waals surface area contributed by atoms with Crippen molar-refractivity contribution < 1.29 is 0 Å². The van der Waals surface area contributed by atoms with E-state index >= 15 is 0 Å². The van der Waals surface area contributed by atoms with Gasteiger partial charge in [-0.15, -0.1) is 0 Å². The van der Waals surface area contributed by atoms with Gasteiger partial charge < -0.3 is 0 Å². The fourth-order valence-corrected chi connectivity index (χ4v) is 8.47. The minimum absolute atomic E-state index is 1.13. The number of rotatable bonds is 22. The molecule has 0 saturated carbocycles. The molecule has 28 heavy (non-hydrogen) atoms. The van der Waals surface area contributed by atoms with Gasteiger partial charge in [0.2, 0.25) is 0 Å². The van der Waals surface area contributed by atoms with Gasteiger partial charge in [-0.05, 0) is 0 Å². The van der Waals surface area contributed by atoms with Crippen LogP contribution in [-0.2, 0) is 0 Å². The third kappa shape index (κ3) is 22.2. The zero-order valence-corrected chi connectivity index (χ0v) is 22.9. The molecule has 0 bridgehead atoms. The summed E-state index contributed by atoms with van der Waals surface area (Å²) in [5.74, 6) is 0. The first-order valence-electron chi connectivity index (χ1n) is 12.6. The van der Waals surface area contributed by atoms with Crippen LogP contribution in [0.25, 0.3) is 0 Å². The van der Waals surface area contributed by atoms with Crippen molar-refractivity contribution in [1.82, 2.24) is 0 Å². The van der Waals surface area contributed by atoms with Gasteiger partial charge in [0.1, 0.15) is 0 Å². The molecule has 0 aliphatic carbocycles. The summed E-state index contributed by atoms with van der Waals surface area (Å²) in [5.41, 5.74) is 0. The zero-order chi connectivity index (χ0) is 21.0. The maximum atomic E-state index is 4.98. The van der Waals surface area contributed by atoms with Crippen LogP contribution in [0.4, 0.5) is 0 Å². The Balaban J connectivity index is 3.51. The third-order valence-corrected chi connectivity index (χ3v) is 12.0. The molecule has 0 aromatic heterocycles. The van der Waals surface area contributed by atoms with Gasteiger partial charge in [-0.3, -0.25) is 0 Å². The Morgan fingerprint density at radius 3 is 0.821 bits per heavy atom. The van der Waals surface area contributed by atoms with Crippen molar-refractivity contribution in [3.63, 3.8) is 0 Å². The molecule has 4 heteroatoms. The van der Waals surface area contributed by atoms with Crippen molar-refractivity contribution in [1.29, 1.82) is 0 Å². The van der Waals surface area contributed by atoms with E-state index in [2.05, 4.69) is 13.8 Å². The molecular weight excluding hydrogens is 415 g/mol. The Hall–Kier alpha value is 1.48. The van der Waals surface area contributed by atoms with Crippen LogP contribution in [0.1, 0.15) is 142 Å². The van der Waals surface area contributed by atoms with Crippen molar-refractivity contribution in [3.05, 3.63) is 0 Å². The standard InChI is InChI=1S/C24H53PS3/c1-3-5-7-9-11-13-15-17-19-21-23-25(26,27,28)24-22-20-18-16-14-12-10-8-6-4-2/h26-28H,3-24H2,1-2H3. The van der Waals surface area contributed by atoms with E-state index in [4.69, 9.17) is 36.7 Å². The van der Waals surface area contributed by atoms with E-state index in [0.29, 0.717) is 0 Å². The predicted octanol–water partition coefficient (Wildman–Crippen LogP) is 10.9. The number of hydrogen-bond acceptors (Lipinski definition) is 3. The molecule has 0 spiro atoms. The van der Waals surface area contributed by atoms with Crippen LogP contribution < -0.4 is 0 Å². The van der Waals surface area contributed by atoms with E-state index in [1.807, 2.05) is 0 Å². The normalized spacial score (nSPS) is 13.5. The van der Waals surface area contributed by atoms with Crippen molar-refractivity contribution in [2.75, 3.05) is 12.3 Å². The van der Waals surface area contributed by atoms with Gasteiger partial charge in [0.25, 0.3) is 0 Å². The topological polar surface area (TPSA) is 0 Å². The van der Waals surface area contributed by atoms with E-state index in [9.17, 15) is 0 Å². The van der Waals surface area contributed by atoms with E-state index in [1.165, 1.54) is 128 Å². The van der Waals surface area contributed by atoms with Crippen LogP contribution in [0, 0.1) is 0 Å². The summed E-state index contributed by atoms with van der Waals surface area (Å²) in [6.07, 6.45) is 30.1. The summed E-state index contributed by atoms with van der Waals surface area (Å²) in [6.45, 7) is 4.58. The Kier molecular flexibility index (Phi) is 20.2. The monoisotopic (exact) mass is 468 g/mol. The van der Waals surface area contributed by atoms with E-state index < -0.39 is 4.21 Å². The quantitative estimate of drug-likeness (QED) is 0.0785. The molecule has 0 nitrogen and oxygen atoms in total. The van der Waals surface area contributed by atoms with Crippen molar-refractivity contribution in [2.45, 2.75) is 142 Å². The Labute approximate surface area is 195 Å². The Morgan fingerprint density at radius 2 is 0.571 bits per heavy atom. The van der Waals surface area contributed by atoms with Gasteiger partial charge in [-0.2, -0.15) is 0 Å². The van der Waals surface area contributed by atoms with Crippen molar-refractivity contribution in [3.8, 4) is 0 Å². The van der Waals surface area contributed by atoms with Crippen LogP contribution >= 0.6 is 41.0 Å². The van der Waals surface area contributed by atoms with Crippen LogP contribution in [-0.4, -0.2) is 12.3 Å². The molecule has 0 heterocycles. The van der Waals surface area contributed by atoms with Gasteiger partial charge in [0.15, 0.2) is 0 Å². The second-order valence-corrected chi connectivity index (χ2v) is 24.3. The molecule has 0 radical (unpaired) electrons. The summed E-state index contributed by atoms with van der Waals surface area (Å²) in [7, 11) is 0. The molecule has 0 aromatic rings. The summed E-state index contributed by atoms with van der Waals surface area (Å²) in [4.78, 5) is 0. The van der Waals surface area contributed by atoms with Gasteiger partial charge in [0.05, 0.1) is 0 Å². The van der Waals surface area contributed by atoms with Gasteiger partial charge >= 0.3 is 196 Å². The van der Waals surface area contributed by atoms with E-state index in [-0.39, 0.29) is 0 Å². The molecule has 0 aromatic carbocycles. The number of unbranched alkanes of at least 4 members (excludes halogenated alkanes) is 18. The molecule has 172 valence electrons. The molecule has 0 amide bonds. The fourth-order valence-electron chi connectivity index (χ4n) is 3.96. The predicted molar refractivity (Wildman–Crippen MR) is 147 cm³/mol. The second kappa shape index (κ2) is 19.2. The molecule has 0 unspecified atom stereocenters. The molecule has 0 saturated heterocycles. The fraction of sp³-hybridized carbons (Fsp3) is 1.00. The molecule has 0 aliphatic rings. The average Bonchev–Trinajstić information content (AvgIpc) is 2.64. The van der Waals surface area contributed by atoms with Crippen LogP contribution in [0.3, 0.4) is 0 Å². The van der Waals surface area contributed by atoms with E-state index in [1.54, 1.807) is 0 Å². The summed E-state index contributed by atoms with van der Waals surface area (Å²) < 4.78 is -2.27. The Morgan fingerprint density at radius 1 is 0.357 bits per heavy atom. The summed E-state index contributed by atoms with van der Waals surface area (Å²) >= 11 is 15.0. The number of hydrogen-bond donors (Lipinski definition) is 3. The van der Waals surface area contributed by atoms with Gasteiger partial charge in [-0.1, -0.05) is 0 Å². The SMILES string of the molecule is CCCCCCCCCCCCP(S)(S)(S)CCCCCCCCCCCC. The first-order chi connectivity index (χ1) is 13.4. The minimum atomic E-state index is -2.27. The summed E-state index contributed by atoms with van der Waals surface area (Å²) in [5, 5.41) is 0. The van der Waals surface area contributed by atoms with Gasteiger partial charge in [0, 0.05) is 0 Å². The average molecular weight is 469 g/mol. The van der Waals surface area contributed by atoms with E-state index in [0.717, 1.165) is 12.3 Å². The summed E-state index contributed by atoms with van der Waals surface area (Å²) in [6, 6.07) is 0. The molecular formula is C24H53PS3. The molecule has 0 N–H and O–H groups in total. The second-order valence-electron chi connectivity index (χ2n) is 9.15. The van der Waals surface area contributed by atoms with Crippen LogP contribution in [0.5, 0.6) is 0 Å². The maximum absolute atomic E-state index is 4.98. The van der Waals surface area contributed by atoms with Crippen molar-refractivity contribution >= 4 is 41.0 Å². The third-order valence-electron chi connectivity index (χ3n) is 5.94. The van der Waals surface area contributed by atoms with Crippen LogP contribution in [0.2, 0.25) is 0 Å². The van der Waals surface area contributed by atoms with Gasteiger partial charge in [-0.25, -0.2) is 0 Å². The Bertz CT molecular complexity index is 298. The van der Waals surface area contributed by atoms with Crippen LogP contribution in [0.15, 0.2) is 0 Å². The first kappa shape index (κ1) is 29.5. The molecule has 0 atom stereocenters. The number of thiol groups is 3. The van der Waals surface area contributed by atoms with Crippen molar-refractivity contribution in [2.24, 2.45) is 0 Å². The first-order valence-corrected chi connectivity index (χ1v) is 18.7. The molecule has 0 fully saturated rings. The zero-order valence-electron chi connectivity index (χ0n) is 19.3. The molecule has 0 aliphatic heterocycles. The molecule has 0 rings (SSSR count).